The van der Waals surface area contributed by atoms with Gasteiger partial charge in [0.15, 0.2) is 0 Å². The number of carbonyl (C=O) groups is 1. The van der Waals surface area contributed by atoms with Crippen LogP contribution in [0.25, 0.3) is 0 Å². The van der Waals surface area contributed by atoms with E-state index in [-0.39, 0.29) is 5.75 Å². The molecule has 15 heavy (non-hydrogen) atoms. The average molecular weight is 228 g/mol. The second-order valence-corrected chi connectivity index (χ2v) is 4.64. The molecule has 82 valence electrons. The lowest BCUT2D eigenvalue weighted by Crippen LogP contribution is -1.97. The third-order valence-electron chi connectivity index (χ3n) is 2.46. The number of rotatable bonds is 5. The SMILES string of the molecule is CC(c1nnc(SCC(=O)O)o1)C1CC1. The highest BCUT2D eigenvalue weighted by molar-refractivity contribution is 7.99. The maximum atomic E-state index is 10.3. The van der Waals surface area contributed by atoms with Crippen LogP contribution in [0.3, 0.4) is 0 Å². The number of hydrogen-bond donors (Lipinski definition) is 1. The van der Waals surface area contributed by atoms with Gasteiger partial charge >= 0.3 is 5.97 Å². The Labute approximate surface area is 91.3 Å². The summed E-state index contributed by atoms with van der Waals surface area (Å²) in [4.78, 5) is 10.3. The van der Waals surface area contributed by atoms with Crippen molar-refractivity contribution in [2.24, 2.45) is 5.92 Å². The van der Waals surface area contributed by atoms with E-state index in [2.05, 4.69) is 17.1 Å². The van der Waals surface area contributed by atoms with E-state index in [1.165, 1.54) is 12.8 Å². The molecule has 0 saturated heterocycles. The normalized spacial score (nSPS) is 17.7. The number of carboxylic acids is 1. The zero-order chi connectivity index (χ0) is 10.8. The van der Waals surface area contributed by atoms with Gasteiger partial charge in [-0.05, 0) is 18.8 Å². The Balaban J connectivity index is 1.93. The summed E-state index contributed by atoms with van der Waals surface area (Å²) >= 11 is 1.06. The molecule has 1 aromatic rings. The quantitative estimate of drug-likeness (QED) is 0.774. The van der Waals surface area contributed by atoms with Crippen molar-refractivity contribution < 1.29 is 14.3 Å². The van der Waals surface area contributed by atoms with Crippen molar-refractivity contribution in [1.82, 2.24) is 10.2 Å². The molecule has 1 saturated carbocycles. The number of aromatic nitrogens is 2. The van der Waals surface area contributed by atoms with E-state index >= 15 is 0 Å². The fourth-order valence-corrected chi connectivity index (χ4v) is 1.87. The fraction of sp³-hybridized carbons (Fsp3) is 0.667. The van der Waals surface area contributed by atoms with Gasteiger partial charge < -0.3 is 9.52 Å². The van der Waals surface area contributed by atoms with Crippen molar-refractivity contribution in [2.75, 3.05) is 5.75 Å². The van der Waals surface area contributed by atoms with Crippen LogP contribution in [0.15, 0.2) is 9.64 Å². The van der Waals surface area contributed by atoms with E-state index in [4.69, 9.17) is 9.52 Å². The highest BCUT2D eigenvalue weighted by Gasteiger charge is 2.32. The lowest BCUT2D eigenvalue weighted by Gasteiger charge is -2.01. The lowest BCUT2D eigenvalue weighted by molar-refractivity contribution is -0.133. The first-order valence-corrected chi connectivity index (χ1v) is 5.83. The van der Waals surface area contributed by atoms with Gasteiger partial charge in [-0.2, -0.15) is 0 Å². The minimum atomic E-state index is -0.880. The van der Waals surface area contributed by atoms with Crippen LogP contribution < -0.4 is 0 Å². The smallest absolute Gasteiger partial charge is 0.314 e. The summed E-state index contributed by atoms with van der Waals surface area (Å²) in [5.41, 5.74) is 0. The summed E-state index contributed by atoms with van der Waals surface area (Å²) < 4.78 is 5.37. The summed E-state index contributed by atoms with van der Waals surface area (Å²) in [7, 11) is 0. The van der Waals surface area contributed by atoms with Gasteiger partial charge in [-0.1, -0.05) is 18.7 Å². The fourth-order valence-electron chi connectivity index (χ4n) is 1.38. The molecule has 1 aromatic heterocycles. The third-order valence-corrected chi connectivity index (χ3v) is 3.26. The number of nitrogens with zero attached hydrogens (tertiary/aromatic N) is 2. The van der Waals surface area contributed by atoms with Crippen molar-refractivity contribution in [1.29, 1.82) is 0 Å². The highest BCUT2D eigenvalue weighted by Crippen LogP contribution is 2.42. The van der Waals surface area contributed by atoms with E-state index in [0.29, 0.717) is 22.9 Å². The first-order valence-electron chi connectivity index (χ1n) is 4.85. The minimum absolute atomic E-state index is 0.0422. The molecule has 1 aliphatic rings. The molecule has 1 aliphatic carbocycles. The predicted molar refractivity (Wildman–Crippen MR) is 53.8 cm³/mol. The van der Waals surface area contributed by atoms with E-state index < -0.39 is 5.97 Å². The maximum absolute atomic E-state index is 10.3. The molecule has 5 nitrogen and oxygen atoms in total. The second-order valence-electron chi connectivity index (χ2n) is 3.71. The summed E-state index contributed by atoms with van der Waals surface area (Å²) in [6, 6.07) is 0. The summed E-state index contributed by atoms with van der Waals surface area (Å²) in [6.45, 7) is 2.07. The van der Waals surface area contributed by atoms with E-state index in [0.717, 1.165) is 11.8 Å². The zero-order valence-electron chi connectivity index (χ0n) is 8.34. The molecule has 2 rings (SSSR count). The molecule has 0 aromatic carbocycles. The van der Waals surface area contributed by atoms with Crippen molar-refractivity contribution in [3.05, 3.63) is 5.89 Å². The molecule has 1 fully saturated rings. The van der Waals surface area contributed by atoms with E-state index in [1.807, 2.05) is 0 Å². The van der Waals surface area contributed by atoms with Gasteiger partial charge in [-0.3, -0.25) is 4.79 Å². The molecule has 1 N–H and O–H groups in total. The van der Waals surface area contributed by atoms with Gasteiger partial charge in [-0.15, -0.1) is 10.2 Å². The molecular weight excluding hydrogens is 216 g/mol. The van der Waals surface area contributed by atoms with Gasteiger partial charge in [-0.25, -0.2) is 0 Å². The van der Waals surface area contributed by atoms with Crippen LogP contribution in [-0.4, -0.2) is 27.0 Å². The topological polar surface area (TPSA) is 76.2 Å². The Hall–Kier alpha value is -1.04. The zero-order valence-corrected chi connectivity index (χ0v) is 9.16. The Kier molecular flexibility index (Phi) is 2.95. The van der Waals surface area contributed by atoms with Crippen LogP contribution in [0.1, 0.15) is 31.6 Å². The Bertz CT molecular complexity index is 362. The van der Waals surface area contributed by atoms with Gasteiger partial charge in [0.1, 0.15) is 5.75 Å². The molecular formula is C9H12N2O3S. The van der Waals surface area contributed by atoms with Gasteiger partial charge in [0.25, 0.3) is 5.22 Å². The molecule has 1 atom stereocenters. The van der Waals surface area contributed by atoms with Crippen molar-refractivity contribution >= 4 is 17.7 Å². The van der Waals surface area contributed by atoms with E-state index in [9.17, 15) is 4.79 Å². The first-order chi connectivity index (χ1) is 7.16. The summed E-state index contributed by atoms with van der Waals surface area (Å²) in [5, 5.41) is 16.6. The Morgan fingerprint density at radius 3 is 3.00 bits per heavy atom. The molecule has 0 radical (unpaired) electrons. The Morgan fingerprint density at radius 1 is 1.67 bits per heavy atom. The second kappa shape index (κ2) is 4.22. The van der Waals surface area contributed by atoms with Crippen molar-refractivity contribution in [2.45, 2.75) is 30.9 Å². The number of thioether (sulfide) groups is 1. The molecule has 0 aliphatic heterocycles. The van der Waals surface area contributed by atoms with Crippen molar-refractivity contribution in [3.63, 3.8) is 0 Å². The standard InChI is InChI=1S/C9H12N2O3S/c1-5(6-2-3-6)8-10-11-9(14-8)15-4-7(12)13/h5-6H,2-4H2,1H3,(H,12,13). The van der Waals surface area contributed by atoms with Gasteiger partial charge in [0, 0.05) is 5.92 Å². The number of aliphatic carboxylic acids is 1. The largest absolute Gasteiger partial charge is 0.481 e. The lowest BCUT2D eigenvalue weighted by atomic mass is 10.1. The Morgan fingerprint density at radius 2 is 2.40 bits per heavy atom. The first kappa shape index (κ1) is 10.5. The third kappa shape index (κ3) is 2.71. The van der Waals surface area contributed by atoms with Crippen LogP contribution in [-0.2, 0) is 4.79 Å². The molecule has 1 heterocycles. The predicted octanol–water partition coefficient (Wildman–Crippen LogP) is 1.76. The maximum Gasteiger partial charge on any atom is 0.314 e. The van der Waals surface area contributed by atoms with Crippen LogP contribution in [0.5, 0.6) is 0 Å². The van der Waals surface area contributed by atoms with Crippen LogP contribution in [0.2, 0.25) is 0 Å². The molecule has 0 spiro atoms. The average Bonchev–Trinajstić information content (AvgIpc) is 2.93. The van der Waals surface area contributed by atoms with Gasteiger partial charge in [0.05, 0.1) is 0 Å². The van der Waals surface area contributed by atoms with Crippen molar-refractivity contribution in [3.8, 4) is 0 Å². The number of hydrogen-bond acceptors (Lipinski definition) is 5. The summed E-state index contributed by atoms with van der Waals surface area (Å²) in [5.74, 6) is 0.680. The van der Waals surface area contributed by atoms with Crippen LogP contribution in [0, 0.1) is 5.92 Å². The van der Waals surface area contributed by atoms with E-state index in [1.54, 1.807) is 0 Å². The molecule has 6 heteroatoms. The molecule has 1 unspecified atom stereocenters. The van der Waals surface area contributed by atoms with Crippen LogP contribution in [0.4, 0.5) is 0 Å². The highest BCUT2D eigenvalue weighted by atomic mass is 32.2. The van der Waals surface area contributed by atoms with Crippen LogP contribution >= 0.6 is 11.8 Å². The van der Waals surface area contributed by atoms with Gasteiger partial charge in [0.2, 0.25) is 5.89 Å². The molecule has 0 bridgehead atoms. The molecule has 0 amide bonds. The summed E-state index contributed by atoms with van der Waals surface area (Å²) in [6.07, 6.45) is 2.45. The number of carboxylic acid groups (broad SMARTS) is 1. The minimum Gasteiger partial charge on any atom is -0.481 e. The monoisotopic (exact) mass is 228 g/mol.